The molecule has 7 N–H and O–H groups in total. The molecule has 4 aromatic carbocycles. The Kier molecular flexibility index (Phi) is 7.87. The molecule has 35 heavy (non-hydrogen) atoms. The van der Waals surface area contributed by atoms with Crippen LogP contribution in [0.5, 0.6) is 40.2 Å². The molecule has 178 valence electrons. The van der Waals surface area contributed by atoms with E-state index in [2.05, 4.69) is 0 Å². The summed E-state index contributed by atoms with van der Waals surface area (Å²) in [5.74, 6) is -0.160. The van der Waals surface area contributed by atoms with Crippen LogP contribution in [0.1, 0.15) is 22.3 Å². The van der Waals surface area contributed by atoms with Crippen molar-refractivity contribution in [2.75, 3.05) is 0 Å². The molecule has 7 heteroatoms. The van der Waals surface area contributed by atoms with E-state index in [0.717, 1.165) is 5.56 Å². The number of hydrogen-bond donors (Lipinski definition) is 7. The number of aromatic hydroxyl groups is 7. The maximum atomic E-state index is 9.32. The summed E-state index contributed by atoms with van der Waals surface area (Å²) in [4.78, 5) is 0. The highest BCUT2D eigenvalue weighted by Crippen LogP contribution is 2.27. The van der Waals surface area contributed by atoms with Crippen molar-refractivity contribution in [2.24, 2.45) is 0 Å². The van der Waals surface area contributed by atoms with Crippen LogP contribution in [-0.2, 0) is 0 Å². The highest BCUT2D eigenvalue weighted by atomic mass is 16.3. The van der Waals surface area contributed by atoms with E-state index in [9.17, 15) is 25.5 Å². The number of benzene rings is 4. The van der Waals surface area contributed by atoms with E-state index in [1.165, 1.54) is 36.4 Å². The molecule has 0 aromatic heterocycles. The molecule has 0 radical (unpaired) electrons. The molecule has 0 amide bonds. The Morgan fingerprint density at radius 1 is 0.314 bits per heavy atom. The Morgan fingerprint density at radius 2 is 0.714 bits per heavy atom. The maximum absolute atomic E-state index is 9.32. The Balaban J connectivity index is 0.000000196. The van der Waals surface area contributed by atoms with Crippen LogP contribution in [0.2, 0.25) is 0 Å². The van der Waals surface area contributed by atoms with E-state index in [1.54, 1.807) is 60.7 Å². The van der Waals surface area contributed by atoms with Crippen molar-refractivity contribution in [1.82, 2.24) is 0 Å². The van der Waals surface area contributed by atoms with Crippen molar-refractivity contribution in [3.63, 3.8) is 0 Å². The first-order valence-corrected chi connectivity index (χ1v) is 10.4. The highest BCUT2D eigenvalue weighted by molar-refractivity contribution is 5.72. The molecule has 7 nitrogen and oxygen atoms in total. The molecule has 0 fully saturated rings. The summed E-state index contributed by atoms with van der Waals surface area (Å²) < 4.78 is 0. The summed E-state index contributed by atoms with van der Waals surface area (Å²) in [5, 5.41) is 64.8. The fourth-order valence-corrected chi connectivity index (χ4v) is 3.04. The van der Waals surface area contributed by atoms with Crippen LogP contribution in [0, 0.1) is 0 Å². The third kappa shape index (κ3) is 7.80. The van der Waals surface area contributed by atoms with Crippen molar-refractivity contribution in [1.29, 1.82) is 0 Å². The average Bonchev–Trinajstić information content (AvgIpc) is 2.79. The van der Waals surface area contributed by atoms with E-state index < -0.39 is 0 Å². The van der Waals surface area contributed by atoms with Crippen molar-refractivity contribution < 1.29 is 35.7 Å². The maximum Gasteiger partial charge on any atom is 0.157 e. The summed E-state index contributed by atoms with van der Waals surface area (Å²) in [6.07, 6.45) is 6.96. The van der Waals surface area contributed by atoms with E-state index in [4.69, 9.17) is 10.2 Å². The van der Waals surface area contributed by atoms with Crippen LogP contribution < -0.4 is 0 Å². The molecule has 0 saturated heterocycles. The van der Waals surface area contributed by atoms with E-state index in [1.807, 2.05) is 6.08 Å². The SMILES string of the molecule is Oc1cc(O)cc(/C=C/c2ccc(O)c(O)c2)c1.Oc1ccc(/C=C/c2cc(O)cc(O)c2)cc1. The zero-order valence-corrected chi connectivity index (χ0v) is 18.4. The van der Waals surface area contributed by atoms with E-state index in [0.29, 0.717) is 16.7 Å². The fourth-order valence-electron chi connectivity index (χ4n) is 3.04. The zero-order valence-electron chi connectivity index (χ0n) is 18.4. The van der Waals surface area contributed by atoms with Gasteiger partial charge in [-0.2, -0.15) is 0 Å². The van der Waals surface area contributed by atoms with Crippen molar-refractivity contribution in [2.45, 2.75) is 0 Å². The summed E-state index contributed by atoms with van der Waals surface area (Å²) in [6, 6.07) is 19.8. The monoisotopic (exact) mass is 472 g/mol. The molecule has 4 rings (SSSR count). The molecule has 0 aliphatic carbocycles. The first-order valence-electron chi connectivity index (χ1n) is 10.4. The summed E-state index contributed by atoms with van der Waals surface area (Å²) in [6.45, 7) is 0. The van der Waals surface area contributed by atoms with Gasteiger partial charge in [-0.1, -0.05) is 42.5 Å². The van der Waals surface area contributed by atoms with Gasteiger partial charge in [-0.15, -0.1) is 0 Å². The third-order valence-corrected chi connectivity index (χ3v) is 4.68. The lowest BCUT2D eigenvalue weighted by Crippen LogP contribution is -1.75. The number of hydrogen-bond acceptors (Lipinski definition) is 7. The first-order chi connectivity index (χ1) is 16.7. The molecule has 0 saturated carbocycles. The smallest absolute Gasteiger partial charge is 0.157 e. The Hall–Kier alpha value is -5.04. The second kappa shape index (κ2) is 11.2. The number of rotatable bonds is 4. The zero-order chi connectivity index (χ0) is 25.4. The van der Waals surface area contributed by atoms with Gasteiger partial charge in [0.25, 0.3) is 0 Å². The minimum atomic E-state index is -0.198. The van der Waals surface area contributed by atoms with E-state index >= 15 is 0 Å². The summed E-state index contributed by atoms with van der Waals surface area (Å²) in [7, 11) is 0. The standard InChI is InChI=1S/C14H12O4.C14H12O3/c15-11-5-10(6-12(16)8-11)2-1-9-3-4-13(17)14(18)7-9;15-12-5-3-10(4-6-12)1-2-11-7-13(16)9-14(17)8-11/h1-8,15-18H;1-9,15-17H/b2*2-1+. The van der Waals surface area contributed by atoms with Gasteiger partial charge in [-0.25, -0.2) is 0 Å². The Labute approximate surface area is 201 Å². The number of phenols is 7. The molecule has 0 unspecified atom stereocenters. The van der Waals surface area contributed by atoms with Gasteiger partial charge in [-0.3, -0.25) is 0 Å². The molecule has 0 atom stereocenters. The molecule has 0 bridgehead atoms. The second-order valence-corrected chi connectivity index (χ2v) is 7.57. The molecular formula is C28H24O7. The quantitative estimate of drug-likeness (QED) is 0.150. The minimum absolute atomic E-state index is 0.0235. The van der Waals surface area contributed by atoms with Crippen molar-refractivity contribution >= 4 is 24.3 Å². The third-order valence-electron chi connectivity index (χ3n) is 4.68. The Morgan fingerprint density at radius 3 is 1.17 bits per heavy atom. The van der Waals surface area contributed by atoms with Gasteiger partial charge in [0.15, 0.2) is 11.5 Å². The van der Waals surface area contributed by atoms with Crippen molar-refractivity contribution in [3.8, 4) is 40.2 Å². The predicted molar refractivity (Wildman–Crippen MR) is 135 cm³/mol. The predicted octanol–water partition coefficient (Wildman–Crippen LogP) is 5.65. The molecule has 0 aliphatic rings. The van der Waals surface area contributed by atoms with Crippen LogP contribution >= 0.6 is 0 Å². The summed E-state index contributed by atoms with van der Waals surface area (Å²) in [5.41, 5.74) is 2.94. The molecule has 0 spiro atoms. The summed E-state index contributed by atoms with van der Waals surface area (Å²) >= 11 is 0. The van der Waals surface area contributed by atoms with Crippen molar-refractivity contribution in [3.05, 3.63) is 101 Å². The lowest BCUT2D eigenvalue weighted by molar-refractivity contribution is 0.403. The number of phenolic OH excluding ortho intramolecular Hbond substituents is 7. The van der Waals surface area contributed by atoms with Gasteiger partial charge in [0.05, 0.1) is 0 Å². The molecule has 0 aliphatic heterocycles. The van der Waals surface area contributed by atoms with Gasteiger partial charge in [-0.05, 0) is 70.8 Å². The van der Waals surface area contributed by atoms with E-state index in [-0.39, 0.29) is 40.2 Å². The average molecular weight is 472 g/mol. The second-order valence-electron chi connectivity index (χ2n) is 7.57. The normalized spacial score (nSPS) is 10.9. The molecular weight excluding hydrogens is 448 g/mol. The largest absolute Gasteiger partial charge is 0.508 e. The van der Waals surface area contributed by atoms with Gasteiger partial charge >= 0.3 is 0 Å². The van der Waals surface area contributed by atoms with Crippen LogP contribution in [0.25, 0.3) is 24.3 Å². The fraction of sp³-hybridized carbons (Fsp3) is 0. The van der Waals surface area contributed by atoms with Gasteiger partial charge in [0.2, 0.25) is 0 Å². The minimum Gasteiger partial charge on any atom is -0.508 e. The van der Waals surface area contributed by atoms with Crippen LogP contribution in [0.3, 0.4) is 0 Å². The van der Waals surface area contributed by atoms with Crippen LogP contribution in [0.15, 0.2) is 78.9 Å². The molecule has 0 heterocycles. The highest BCUT2D eigenvalue weighted by Gasteiger charge is 1.99. The molecule has 4 aromatic rings. The first kappa shape index (κ1) is 24.6. The van der Waals surface area contributed by atoms with Crippen LogP contribution in [0.4, 0.5) is 0 Å². The lowest BCUT2D eigenvalue weighted by atomic mass is 10.1. The Bertz CT molecular complexity index is 1320. The van der Waals surface area contributed by atoms with Gasteiger partial charge < -0.3 is 35.7 Å². The lowest BCUT2D eigenvalue weighted by Gasteiger charge is -2.00. The van der Waals surface area contributed by atoms with Gasteiger partial charge in [0, 0.05) is 12.1 Å². The van der Waals surface area contributed by atoms with Crippen LogP contribution in [-0.4, -0.2) is 35.7 Å². The topological polar surface area (TPSA) is 142 Å². The van der Waals surface area contributed by atoms with Gasteiger partial charge in [0.1, 0.15) is 28.7 Å².